The summed E-state index contributed by atoms with van der Waals surface area (Å²) in [6, 6.07) is 3.87. The van der Waals surface area contributed by atoms with Crippen LogP contribution in [0.2, 0.25) is 0 Å². The Morgan fingerprint density at radius 1 is 1.29 bits per heavy atom. The number of hydrogen-bond donors (Lipinski definition) is 1. The summed E-state index contributed by atoms with van der Waals surface area (Å²) in [7, 11) is -3.90. The number of nitrogens with two attached hydrogens (primary N) is 1. The van der Waals surface area contributed by atoms with Crippen LogP contribution in [0.5, 0.6) is 5.75 Å². The van der Waals surface area contributed by atoms with Crippen molar-refractivity contribution in [3.05, 3.63) is 23.8 Å². The first-order valence-corrected chi connectivity index (χ1v) is 8.22. The number of hydrogen-bond acceptors (Lipinski definition) is 5. The highest BCUT2D eigenvalue weighted by atomic mass is 32.2. The summed E-state index contributed by atoms with van der Waals surface area (Å²) in [5.41, 5.74) is 0.0517. The Morgan fingerprint density at radius 2 is 1.90 bits per heavy atom. The molecule has 0 aliphatic rings. The average Bonchev–Trinajstić information content (AvgIpc) is 2.37. The van der Waals surface area contributed by atoms with Gasteiger partial charge in [-0.05, 0) is 38.0 Å². The molecule has 6 nitrogen and oxygen atoms in total. The van der Waals surface area contributed by atoms with Crippen LogP contribution in [-0.4, -0.2) is 27.1 Å². The second-order valence-corrected chi connectivity index (χ2v) is 6.55. The lowest BCUT2D eigenvalue weighted by atomic mass is 10.1. The third kappa shape index (κ3) is 4.71. The van der Waals surface area contributed by atoms with Crippen molar-refractivity contribution in [3.8, 4) is 5.75 Å². The first-order chi connectivity index (χ1) is 9.66. The topological polar surface area (TPSA) is 95.7 Å². The summed E-state index contributed by atoms with van der Waals surface area (Å²) in [5, 5.41) is 5.08. The first-order valence-electron chi connectivity index (χ1n) is 6.67. The van der Waals surface area contributed by atoms with Crippen LogP contribution in [0.4, 0.5) is 0 Å². The minimum absolute atomic E-state index is 0.0517. The van der Waals surface area contributed by atoms with Gasteiger partial charge in [0.25, 0.3) is 0 Å². The molecule has 1 aromatic rings. The van der Waals surface area contributed by atoms with Crippen LogP contribution in [0.25, 0.3) is 0 Å². The van der Waals surface area contributed by atoms with Gasteiger partial charge in [-0.25, -0.2) is 18.4 Å². The zero-order valence-corrected chi connectivity index (χ0v) is 13.4. The quantitative estimate of drug-likeness (QED) is 0.809. The maximum atomic E-state index is 12.2. The van der Waals surface area contributed by atoms with Gasteiger partial charge in [-0.15, -0.1) is 0 Å². The minimum Gasteiger partial charge on any atom is -0.493 e. The SMILES string of the molecule is CCOc1ccc(S(N)(=O)=O)cc1C(=O)OC(C)C(C)C. The van der Waals surface area contributed by atoms with Crippen LogP contribution in [0.3, 0.4) is 0 Å². The van der Waals surface area contributed by atoms with E-state index in [-0.39, 0.29) is 28.2 Å². The molecule has 0 heterocycles. The molecule has 2 N–H and O–H groups in total. The maximum Gasteiger partial charge on any atom is 0.342 e. The zero-order valence-electron chi connectivity index (χ0n) is 12.6. The van der Waals surface area contributed by atoms with Gasteiger partial charge in [0.05, 0.1) is 11.5 Å². The Hall–Kier alpha value is -1.60. The molecule has 1 unspecified atom stereocenters. The highest BCUT2D eigenvalue weighted by Crippen LogP contribution is 2.24. The highest BCUT2D eigenvalue weighted by molar-refractivity contribution is 7.89. The van der Waals surface area contributed by atoms with E-state index in [1.54, 1.807) is 13.8 Å². The number of rotatable bonds is 6. The molecule has 118 valence electrons. The molecule has 0 aromatic heterocycles. The van der Waals surface area contributed by atoms with E-state index in [0.29, 0.717) is 6.61 Å². The molecule has 0 aliphatic carbocycles. The van der Waals surface area contributed by atoms with Crippen molar-refractivity contribution in [1.82, 2.24) is 0 Å². The van der Waals surface area contributed by atoms with E-state index in [0.717, 1.165) is 0 Å². The fourth-order valence-corrected chi connectivity index (χ4v) is 2.04. The maximum absolute atomic E-state index is 12.2. The number of benzene rings is 1. The van der Waals surface area contributed by atoms with Crippen LogP contribution < -0.4 is 9.88 Å². The molecular weight excluding hydrogens is 294 g/mol. The number of primary sulfonamides is 1. The molecule has 0 bridgehead atoms. The van der Waals surface area contributed by atoms with Crippen molar-refractivity contribution < 1.29 is 22.7 Å². The number of sulfonamides is 1. The second-order valence-electron chi connectivity index (χ2n) is 4.99. The van der Waals surface area contributed by atoms with Gasteiger partial charge in [0.15, 0.2) is 0 Å². The van der Waals surface area contributed by atoms with Crippen LogP contribution in [0, 0.1) is 5.92 Å². The van der Waals surface area contributed by atoms with E-state index >= 15 is 0 Å². The molecule has 1 aromatic carbocycles. The summed E-state index contributed by atoms with van der Waals surface area (Å²) in [6.07, 6.45) is -0.301. The lowest BCUT2D eigenvalue weighted by Gasteiger charge is -2.18. The van der Waals surface area contributed by atoms with E-state index < -0.39 is 16.0 Å². The van der Waals surface area contributed by atoms with Crippen molar-refractivity contribution >= 4 is 16.0 Å². The fourth-order valence-electron chi connectivity index (χ4n) is 1.50. The average molecular weight is 315 g/mol. The van der Waals surface area contributed by atoms with Crippen LogP contribution in [-0.2, 0) is 14.8 Å². The van der Waals surface area contributed by atoms with Gasteiger partial charge >= 0.3 is 5.97 Å². The lowest BCUT2D eigenvalue weighted by molar-refractivity contribution is 0.0234. The Labute approximate surface area is 125 Å². The molecule has 0 fully saturated rings. The summed E-state index contributed by atoms with van der Waals surface area (Å²) < 4.78 is 33.4. The predicted octanol–water partition coefficient (Wildman–Crippen LogP) is 1.93. The Bertz CT molecular complexity index is 610. The molecule has 0 aliphatic heterocycles. The van der Waals surface area contributed by atoms with E-state index in [1.165, 1.54) is 18.2 Å². The van der Waals surface area contributed by atoms with Crippen LogP contribution in [0.1, 0.15) is 38.1 Å². The summed E-state index contributed by atoms with van der Waals surface area (Å²) >= 11 is 0. The Kier molecular flexibility index (Phi) is 5.74. The van der Waals surface area contributed by atoms with Crippen LogP contribution in [0.15, 0.2) is 23.1 Å². The number of carbonyl (C=O) groups is 1. The number of esters is 1. The van der Waals surface area contributed by atoms with Gasteiger partial charge in [-0.2, -0.15) is 0 Å². The molecule has 0 amide bonds. The predicted molar refractivity (Wildman–Crippen MR) is 78.7 cm³/mol. The zero-order chi connectivity index (χ0) is 16.2. The van der Waals surface area contributed by atoms with E-state index in [9.17, 15) is 13.2 Å². The number of ether oxygens (including phenoxy) is 2. The lowest BCUT2D eigenvalue weighted by Crippen LogP contribution is -2.21. The standard InChI is InChI=1S/C14H21NO5S/c1-5-19-13-7-6-11(21(15,17)18)8-12(13)14(16)20-10(4)9(2)3/h6-10H,5H2,1-4H3,(H2,15,17,18). The van der Waals surface area contributed by atoms with Crippen LogP contribution >= 0.6 is 0 Å². The monoisotopic (exact) mass is 315 g/mol. The van der Waals surface area contributed by atoms with Gasteiger partial charge in [0.2, 0.25) is 10.0 Å². The molecule has 1 rings (SSSR count). The summed E-state index contributed by atoms with van der Waals surface area (Å²) in [5.74, 6) is -0.220. The van der Waals surface area contributed by atoms with Gasteiger partial charge < -0.3 is 9.47 Å². The van der Waals surface area contributed by atoms with Gasteiger partial charge in [0.1, 0.15) is 17.4 Å². The normalized spacial score (nSPS) is 13.0. The van der Waals surface area contributed by atoms with Crippen molar-refractivity contribution in [2.24, 2.45) is 11.1 Å². The Morgan fingerprint density at radius 3 is 2.38 bits per heavy atom. The molecule has 1 atom stereocenters. The molecule has 21 heavy (non-hydrogen) atoms. The van der Waals surface area contributed by atoms with Crippen molar-refractivity contribution in [2.75, 3.05) is 6.61 Å². The largest absolute Gasteiger partial charge is 0.493 e. The van der Waals surface area contributed by atoms with Gasteiger partial charge in [-0.1, -0.05) is 13.8 Å². The number of carbonyl (C=O) groups excluding carboxylic acids is 1. The van der Waals surface area contributed by atoms with Gasteiger partial charge in [0, 0.05) is 0 Å². The van der Waals surface area contributed by atoms with Crippen molar-refractivity contribution in [1.29, 1.82) is 0 Å². The molecule has 0 radical (unpaired) electrons. The smallest absolute Gasteiger partial charge is 0.342 e. The molecule has 0 saturated heterocycles. The Balaban J connectivity index is 3.20. The third-order valence-electron chi connectivity index (χ3n) is 3.03. The second kappa shape index (κ2) is 6.91. The first kappa shape index (κ1) is 17.5. The molecular formula is C14H21NO5S. The molecule has 0 spiro atoms. The molecule has 0 saturated carbocycles. The summed E-state index contributed by atoms with van der Waals surface area (Å²) in [4.78, 5) is 12.0. The minimum atomic E-state index is -3.90. The third-order valence-corrected chi connectivity index (χ3v) is 3.94. The van der Waals surface area contributed by atoms with Crippen molar-refractivity contribution in [2.45, 2.75) is 38.7 Å². The summed E-state index contributed by atoms with van der Waals surface area (Å²) in [6.45, 7) is 7.71. The van der Waals surface area contributed by atoms with E-state index in [1.807, 2.05) is 13.8 Å². The highest BCUT2D eigenvalue weighted by Gasteiger charge is 2.21. The molecule has 7 heteroatoms. The van der Waals surface area contributed by atoms with Gasteiger partial charge in [-0.3, -0.25) is 0 Å². The fraction of sp³-hybridized carbons (Fsp3) is 0.500. The van der Waals surface area contributed by atoms with E-state index in [4.69, 9.17) is 14.6 Å². The van der Waals surface area contributed by atoms with E-state index in [2.05, 4.69) is 0 Å². The van der Waals surface area contributed by atoms with Crippen molar-refractivity contribution in [3.63, 3.8) is 0 Å².